The quantitative estimate of drug-likeness (QED) is 0.563. The minimum atomic E-state index is -0.172. The third-order valence-electron chi connectivity index (χ3n) is 11.5. The van der Waals surface area contributed by atoms with Crippen LogP contribution < -0.4 is 5.32 Å². The molecule has 0 radical (unpaired) electrons. The summed E-state index contributed by atoms with van der Waals surface area (Å²) in [7, 11) is 5.79. The van der Waals surface area contributed by atoms with Gasteiger partial charge in [0, 0.05) is 63.3 Å². The second kappa shape index (κ2) is 10.5. The highest BCUT2D eigenvalue weighted by atomic mass is 16.5. The molecular weight excluding hydrogens is 484 g/mol. The molecule has 9 heteroatoms. The number of fused-ring (bicyclic) bond motifs is 4. The summed E-state index contributed by atoms with van der Waals surface area (Å²) in [6, 6.07) is 0.603. The van der Waals surface area contributed by atoms with Gasteiger partial charge >= 0.3 is 6.03 Å². The minimum Gasteiger partial charge on any atom is -0.394 e. The van der Waals surface area contributed by atoms with Crippen LogP contribution in [0.1, 0.15) is 64.2 Å². The van der Waals surface area contributed by atoms with Crippen LogP contribution in [0.4, 0.5) is 4.79 Å². The van der Waals surface area contributed by atoms with Crippen LogP contribution in [0, 0.1) is 23.2 Å². The van der Waals surface area contributed by atoms with E-state index in [-0.39, 0.29) is 54.1 Å². The number of amides is 3. The van der Waals surface area contributed by atoms with E-state index in [1.807, 2.05) is 16.9 Å². The number of ether oxygens (including phenoxy) is 2. The molecule has 214 valence electrons. The van der Waals surface area contributed by atoms with Gasteiger partial charge in [0.2, 0.25) is 5.91 Å². The topological polar surface area (TPSA) is 94.6 Å². The van der Waals surface area contributed by atoms with Crippen molar-refractivity contribution in [1.29, 1.82) is 0 Å². The van der Waals surface area contributed by atoms with Gasteiger partial charge in [-0.1, -0.05) is 6.42 Å². The average molecular weight is 533 g/mol. The Labute approximate surface area is 227 Å². The fraction of sp³-hybridized carbons (Fsp3) is 0.931. The first-order valence-electron chi connectivity index (χ1n) is 15.1. The first-order chi connectivity index (χ1) is 18.4. The Hall–Kier alpha value is -1.42. The number of hydrogen-bond donors (Lipinski definition) is 2. The lowest BCUT2D eigenvalue weighted by Crippen LogP contribution is -2.76. The van der Waals surface area contributed by atoms with Gasteiger partial charge in [0.05, 0.1) is 24.9 Å². The molecule has 6 fully saturated rings. The molecule has 3 saturated carbocycles. The molecule has 38 heavy (non-hydrogen) atoms. The van der Waals surface area contributed by atoms with Crippen LogP contribution in [-0.4, -0.2) is 116 Å². The maximum Gasteiger partial charge on any atom is 0.317 e. The minimum absolute atomic E-state index is 0.00153. The van der Waals surface area contributed by atoms with Crippen LogP contribution in [0.3, 0.4) is 0 Å². The molecule has 1 spiro atoms. The summed E-state index contributed by atoms with van der Waals surface area (Å²) in [5.41, 5.74) is -0.103. The Morgan fingerprint density at radius 2 is 1.63 bits per heavy atom. The van der Waals surface area contributed by atoms with Gasteiger partial charge in [0.25, 0.3) is 0 Å². The van der Waals surface area contributed by atoms with Gasteiger partial charge in [-0.25, -0.2) is 4.79 Å². The van der Waals surface area contributed by atoms with E-state index in [9.17, 15) is 14.7 Å². The van der Waals surface area contributed by atoms with Crippen molar-refractivity contribution in [3.63, 3.8) is 0 Å². The zero-order chi connectivity index (χ0) is 26.6. The predicted molar refractivity (Wildman–Crippen MR) is 142 cm³/mol. The zero-order valence-corrected chi connectivity index (χ0v) is 23.5. The lowest BCUT2D eigenvalue weighted by Gasteiger charge is -2.63. The molecule has 0 aromatic rings. The highest BCUT2D eigenvalue weighted by molar-refractivity contribution is 5.80. The number of nitrogens with one attached hydrogen (secondary N) is 1. The second-order valence-corrected chi connectivity index (χ2v) is 13.3. The molecule has 3 saturated heterocycles. The van der Waals surface area contributed by atoms with Crippen molar-refractivity contribution in [2.45, 2.75) is 101 Å². The Morgan fingerprint density at radius 1 is 0.947 bits per heavy atom. The number of hydrogen-bond acceptors (Lipinski definition) is 6. The van der Waals surface area contributed by atoms with Gasteiger partial charge in [0.15, 0.2) is 0 Å². The number of carbonyl (C=O) groups excluding carboxylic acids is 2. The number of urea groups is 1. The smallest absolute Gasteiger partial charge is 0.317 e. The van der Waals surface area contributed by atoms with Crippen LogP contribution in [0.15, 0.2) is 0 Å². The van der Waals surface area contributed by atoms with Crippen molar-refractivity contribution < 1.29 is 24.2 Å². The first kappa shape index (κ1) is 26.8. The molecule has 6 atom stereocenters. The lowest BCUT2D eigenvalue weighted by molar-refractivity contribution is -0.166. The van der Waals surface area contributed by atoms with Gasteiger partial charge in [0.1, 0.15) is 0 Å². The average Bonchev–Trinajstić information content (AvgIpc) is 3.17. The first-order valence-corrected chi connectivity index (χ1v) is 15.1. The summed E-state index contributed by atoms with van der Waals surface area (Å²) in [5, 5.41) is 14.0. The summed E-state index contributed by atoms with van der Waals surface area (Å²) in [5.74, 6) is 1.22. The van der Waals surface area contributed by atoms with Gasteiger partial charge in [-0.3, -0.25) is 9.69 Å². The molecule has 0 aromatic heterocycles. The van der Waals surface area contributed by atoms with E-state index in [1.54, 1.807) is 7.11 Å². The van der Waals surface area contributed by atoms with Crippen LogP contribution in [0.2, 0.25) is 0 Å². The van der Waals surface area contributed by atoms with Crippen molar-refractivity contribution in [1.82, 2.24) is 20.0 Å². The standard InChI is InChI=1S/C29H48N4O5/c1-31-23-13-21(38-3)11-12-22(23)25-26(31)24(14-34)33(27(35)18-5-4-6-18)17-29(25)15-32(16-29)28(36)30-19-7-9-20(37-2)10-8-19/h18-26,34H,4-17H2,1-3H3,(H,30,36)/t19?,20?,21?,22?,23?,24-,25?,26?/m1/s1. The molecule has 5 unspecified atom stereocenters. The molecule has 6 rings (SSSR count). The Kier molecular flexibility index (Phi) is 7.42. The highest BCUT2D eigenvalue weighted by Gasteiger charge is 2.67. The molecule has 3 aliphatic carbocycles. The number of methoxy groups -OCH3 is 2. The van der Waals surface area contributed by atoms with E-state index in [4.69, 9.17) is 9.47 Å². The highest BCUT2D eigenvalue weighted by Crippen LogP contribution is 2.58. The molecular formula is C29H48N4O5. The van der Waals surface area contributed by atoms with Crippen molar-refractivity contribution in [3.05, 3.63) is 0 Å². The number of rotatable bonds is 5. The van der Waals surface area contributed by atoms with E-state index >= 15 is 0 Å². The number of likely N-dealkylation sites (N-methyl/N-ethyl adjacent to an activating group) is 1. The number of carbonyl (C=O) groups is 2. The predicted octanol–water partition coefficient (Wildman–Crippen LogP) is 2.07. The van der Waals surface area contributed by atoms with Crippen LogP contribution in [0.25, 0.3) is 0 Å². The van der Waals surface area contributed by atoms with Crippen molar-refractivity contribution in [2.75, 3.05) is 47.5 Å². The SMILES string of the molecule is COC1CCC(NC(=O)N2CC3(C2)CN(C(=O)C2CCC2)[C@H](CO)C2C3C3CCC(OC)CC3N2C)CC1. The number of aliphatic hydroxyl groups is 1. The summed E-state index contributed by atoms with van der Waals surface area (Å²) < 4.78 is 11.3. The molecule has 3 amide bonds. The summed E-state index contributed by atoms with van der Waals surface area (Å²) in [6.07, 6.45) is 10.7. The second-order valence-electron chi connectivity index (χ2n) is 13.3. The van der Waals surface area contributed by atoms with E-state index in [1.165, 1.54) is 0 Å². The summed E-state index contributed by atoms with van der Waals surface area (Å²) in [6.45, 7) is 2.07. The van der Waals surface area contributed by atoms with E-state index in [0.717, 1.165) is 64.2 Å². The number of piperidine rings is 1. The normalized spacial score (nSPS) is 40.7. The Morgan fingerprint density at radius 3 is 2.24 bits per heavy atom. The maximum atomic E-state index is 13.7. The van der Waals surface area contributed by atoms with E-state index in [2.05, 4.69) is 17.3 Å². The molecule has 3 aliphatic heterocycles. The largest absolute Gasteiger partial charge is 0.394 e. The number of nitrogens with zero attached hydrogens (tertiary/aromatic N) is 3. The molecule has 6 aliphatic rings. The van der Waals surface area contributed by atoms with E-state index < -0.39 is 0 Å². The maximum absolute atomic E-state index is 13.7. The molecule has 0 bridgehead atoms. The van der Waals surface area contributed by atoms with Gasteiger partial charge < -0.3 is 29.7 Å². The fourth-order valence-corrected chi connectivity index (χ4v) is 9.25. The van der Waals surface area contributed by atoms with Crippen LogP contribution in [0.5, 0.6) is 0 Å². The monoisotopic (exact) mass is 532 g/mol. The fourth-order valence-electron chi connectivity index (χ4n) is 9.25. The third kappa shape index (κ3) is 4.36. The van der Waals surface area contributed by atoms with Crippen molar-refractivity contribution in [3.8, 4) is 0 Å². The Bertz CT molecular complexity index is 884. The lowest BCUT2D eigenvalue weighted by atomic mass is 9.57. The zero-order valence-electron chi connectivity index (χ0n) is 23.5. The number of aliphatic hydroxyl groups excluding tert-OH is 1. The molecule has 0 aromatic carbocycles. The van der Waals surface area contributed by atoms with E-state index in [0.29, 0.717) is 43.6 Å². The summed E-state index contributed by atoms with van der Waals surface area (Å²) in [4.78, 5) is 33.5. The molecule has 9 nitrogen and oxygen atoms in total. The van der Waals surface area contributed by atoms with Gasteiger partial charge in [-0.15, -0.1) is 0 Å². The van der Waals surface area contributed by atoms with Crippen LogP contribution in [-0.2, 0) is 14.3 Å². The molecule has 3 heterocycles. The Balaban J connectivity index is 1.22. The van der Waals surface area contributed by atoms with Crippen molar-refractivity contribution in [2.24, 2.45) is 23.2 Å². The molecule has 2 N–H and O–H groups in total. The van der Waals surface area contributed by atoms with Gasteiger partial charge in [-0.2, -0.15) is 0 Å². The van der Waals surface area contributed by atoms with Gasteiger partial charge in [-0.05, 0) is 76.7 Å². The van der Waals surface area contributed by atoms with Crippen molar-refractivity contribution >= 4 is 11.9 Å². The van der Waals surface area contributed by atoms with Crippen LogP contribution >= 0.6 is 0 Å². The third-order valence-corrected chi connectivity index (χ3v) is 11.5. The summed E-state index contributed by atoms with van der Waals surface area (Å²) >= 11 is 0. The number of likely N-dealkylation sites (tertiary alicyclic amines) is 3.